The maximum atomic E-state index is 14.0. The molecule has 2 saturated heterocycles. The molecule has 0 atom stereocenters. The smallest absolute Gasteiger partial charge is 0.335 e. The summed E-state index contributed by atoms with van der Waals surface area (Å²) in [5, 5.41) is 9.40. The van der Waals surface area contributed by atoms with Gasteiger partial charge in [0.05, 0.1) is 23.3 Å². The molecular weight excluding hydrogens is 506 g/mol. The molecule has 9 heteroatoms. The standard InChI is InChI=1S/C31H33N5O4/c37-28(38)24-9-6-8-23(20-24)21-34-22-36(25-10-2-1-3-11-25)31(29(34)39)14-18-33(19-15-31)16-7-17-35-27-13-5-4-12-26(27)32-30(35)40/h1-6,8-13,20H,7,14-19,21-22H2,(H,32,40)(H,37,38). The van der Waals surface area contributed by atoms with E-state index in [-0.39, 0.29) is 17.2 Å². The van der Waals surface area contributed by atoms with Gasteiger partial charge in [0.15, 0.2) is 0 Å². The summed E-state index contributed by atoms with van der Waals surface area (Å²) in [6.45, 7) is 3.91. The Morgan fingerprint density at radius 3 is 2.42 bits per heavy atom. The van der Waals surface area contributed by atoms with E-state index in [4.69, 9.17) is 0 Å². The molecule has 1 spiro atoms. The molecule has 0 saturated carbocycles. The summed E-state index contributed by atoms with van der Waals surface area (Å²) < 4.78 is 1.80. The first-order chi connectivity index (χ1) is 19.4. The number of aromatic amines is 1. The molecule has 1 aromatic heterocycles. The predicted molar refractivity (Wildman–Crippen MR) is 153 cm³/mol. The van der Waals surface area contributed by atoms with E-state index in [9.17, 15) is 19.5 Å². The van der Waals surface area contributed by atoms with Crippen LogP contribution in [-0.4, -0.2) is 68.2 Å². The summed E-state index contributed by atoms with van der Waals surface area (Å²) in [6.07, 6.45) is 2.26. The third kappa shape index (κ3) is 4.77. The topological polar surface area (TPSA) is 102 Å². The lowest BCUT2D eigenvalue weighted by molar-refractivity contribution is -0.134. The van der Waals surface area contributed by atoms with Crippen LogP contribution in [-0.2, 0) is 17.9 Å². The van der Waals surface area contributed by atoms with E-state index < -0.39 is 11.5 Å². The number of anilines is 1. The van der Waals surface area contributed by atoms with E-state index in [0.29, 0.717) is 32.6 Å². The zero-order valence-electron chi connectivity index (χ0n) is 22.3. The first-order valence-electron chi connectivity index (χ1n) is 13.8. The molecule has 2 aliphatic heterocycles. The van der Waals surface area contributed by atoms with Gasteiger partial charge in [-0.3, -0.25) is 9.36 Å². The Bertz CT molecular complexity index is 1590. The van der Waals surface area contributed by atoms with Crippen molar-refractivity contribution < 1.29 is 14.7 Å². The lowest BCUT2D eigenvalue weighted by atomic mass is 9.85. The van der Waals surface area contributed by atoms with Crippen molar-refractivity contribution >= 4 is 28.6 Å². The van der Waals surface area contributed by atoms with Crippen molar-refractivity contribution in [3.8, 4) is 0 Å². The summed E-state index contributed by atoms with van der Waals surface area (Å²) in [4.78, 5) is 47.3. The van der Waals surface area contributed by atoms with Crippen LogP contribution in [0.2, 0.25) is 0 Å². The summed E-state index contributed by atoms with van der Waals surface area (Å²) >= 11 is 0. The van der Waals surface area contributed by atoms with E-state index in [1.54, 1.807) is 22.8 Å². The number of benzene rings is 3. The van der Waals surface area contributed by atoms with E-state index >= 15 is 0 Å². The van der Waals surface area contributed by atoms with Crippen LogP contribution >= 0.6 is 0 Å². The number of likely N-dealkylation sites (tertiary alicyclic amines) is 1. The highest BCUT2D eigenvalue weighted by molar-refractivity contribution is 5.93. The Morgan fingerprint density at radius 1 is 0.900 bits per heavy atom. The number of aryl methyl sites for hydroxylation is 1. The lowest BCUT2D eigenvalue weighted by Gasteiger charge is -2.43. The lowest BCUT2D eigenvalue weighted by Crippen LogP contribution is -2.56. The average Bonchev–Trinajstić information content (AvgIpc) is 3.43. The van der Waals surface area contributed by atoms with E-state index in [1.807, 2.05) is 53.4 Å². The average molecular weight is 540 g/mol. The molecule has 0 aliphatic carbocycles. The molecule has 2 aliphatic rings. The number of rotatable bonds is 8. The highest BCUT2D eigenvalue weighted by atomic mass is 16.4. The second-order valence-corrected chi connectivity index (χ2v) is 10.7. The number of aromatic carboxylic acids is 1. The number of nitrogens with zero attached hydrogens (tertiary/aromatic N) is 4. The summed E-state index contributed by atoms with van der Waals surface area (Å²) in [5.41, 5.74) is 3.12. The van der Waals surface area contributed by atoms with Gasteiger partial charge in [0.25, 0.3) is 0 Å². The minimum absolute atomic E-state index is 0.0807. The summed E-state index contributed by atoms with van der Waals surface area (Å²) in [6, 6.07) is 24.6. The van der Waals surface area contributed by atoms with Gasteiger partial charge >= 0.3 is 11.7 Å². The number of H-pyrrole nitrogens is 1. The normalized spacial score (nSPS) is 17.2. The molecule has 2 fully saturated rings. The van der Waals surface area contributed by atoms with Gasteiger partial charge in [0.2, 0.25) is 5.91 Å². The van der Waals surface area contributed by atoms with E-state index in [0.717, 1.165) is 48.3 Å². The van der Waals surface area contributed by atoms with Crippen LogP contribution in [0.25, 0.3) is 11.0 Å². The van der Waals surface area contributed by atoms with Gasteiger partial charge in [-0.05, 0) is 67.8 Å². The molecule has 3 heterocycles. The first-order valence-corrected chi connectivity index (χ1v) is 13.8. The number of carbonyl (C=O) groups is 2. The molecule has 3 aromatic carbocycles. The maximum absolute atomic E-state index is 14.0. The number of aromatic nitrogens is 2. The third-order valence-electron chi connectivity index (χ3n) is 8.35. The number of imidazole rings is 1. The van der Waals surface area contributed by atoms with E-state index in [2.05, 4.69) is 26.9 Å². The summed E-state index contributed by atoms with van der Waals surface area (Å²) in [5.74, 6) is -0.874. The van der Waals surface area contributed by atoms with Crippen molar-refractivity contribution in [2.45, 2.75) is 37.9 Å². The van der Waals surface area contributed by atoms with Gasteiger partial charge < -0.3 is 24.8 Å². The fourth-order valence-corrected chi connectivity index (χ4v) is 6.27. The molecule has 40 heavy (non-hydrogen) atoms. The van der Waals surface area contributed by atoms with Gasteiger partial charge in [-0.2, -0.15) is 0 Å². The van der Waals surface area contributed by atoms with Crippen LogP contribution in [0.3, 0.4) is 0 Å². The third-order valence-corrected chi connectivity index (χ3v) is 8.35. The number of nitrogens with one attached hydrogen (secondary N) is 1. The predicted octanol–water partition coefficient (Wildman–Crippen LogP) is 3.76. The second-order valence-electron chi connectivity index (χ2n) is 10.7. The number of hydrogen-bond acceptors (Lipinski definition) is 5. The molecule has 2 N–H and O–H groups in total. The van der Waals surface area contributed by atoms with Gasteiger partial charge in [-0.25, -0.2) is 9.59 Å². The Kier molecular flexibility index (Phi) is 6.89. The molecule has 0 radical (unpaired) electrons. The van der Waals surface area contributed by atoms with Crippen molar-refractivity contribution in [2.24, 2.45) is 0 Å². The van der Waals surface area contributed by atoms with Crippen LogP contribution in [0.5, 0.6) is 0 Å². The first kappa shape index (κ1) is 25.9. The van der Waals surface area contributed by atoms with Gasteiger partial charge in [-0.1, -0.05) is 42.5 Å². The number of hydrogen-bond donors (Lipinski definition) is 2. The Morgan fingerprint density at radius 2 is 1.65 bits per heavy atom. The molecule has 0 unspecified atom stereocenters. The Balaban J connectivity index is 1.15. The number of amides is 1. The largest absolute Gasteiger partial charge is 0.478 e. The molecular formula is C31H33N5O4. The van der Waals surface area contributed by atoms with Gasteiger partial charge in [-0.15, -0.1) is 0 Å². The van der Waals surface area contributed by atoms with Crippen LogP contribution in [0.15, 0.2) is 83.7 Å². The monoisotopic (exact) mass is 539 g/mol. The van der Waals surface area contributed by atoms with Crippen molar-refractivity contribution in [3.63, 3.8) is 0 Å². The van der Waals surface area contributed by atoms with E-state index in [1.165, 1.54) is 0 Å². The molecule has 1 amide bonds. The zero-order valence-corrected chi connectivity index (χ0v) is 22.3. The summed E-state index contributed by atoms with van der Waals surface area (Å²) in [7, 11) is 0. The molecule has 4 aromatic rings. The minimum atomic E-state index is -0.973. The molecule has 9 nitrogen and oxygen atoms in total. The van der Waals surface area contributed by atoms with Crippen molar-refractivity contribution in [1.29, 1.82) is 0 Å². The van der Waals surface area contributed by atoms with Crippen LogP contribution in [0.1, 0.15) is 35.2 Å². The second kappa shape index (κ2) is 10.7. The van der Waals surface area contributed by atoms with Crippen LogP contribution < -0.4 is 10.6 Å². The Hall–Kier alpha value is -4.37. The number of carboxylic acid groups (broad SMARTS) is 1. The number of fused-ring (bicyclic) bond motifs is 1. The number of carboxylic acids is 1. The highest BCUT2D eigenvalue weighted by Crippen LogP contribution is 2.40. The fourth-order valence-electron chi connectivity index (χ4n) is 6.27. The number of para-hydroxylation sites is 3. The Labute approximate surface area is 232 Å². The molecule has 6 rings (SSSR count). The van der Waals surface area contributed by atoms with Crippen molar-refractivity contribution in [1.82, 2.24) is 19.4 Å². The van der Waals surface area contributed by atoms with Gasteiger partial charge in [0.1, 0.15) is 5.54 Å². The quantitative estimate of drug-likeness (QED) is 0.354. The zero-order chi connectivity index (χ0) is 27.7. The SMILES string of the molecule is O=C(O)c1cccc(CN2CN(c3ccccc3)C3(CCN(CCCn4c(=O)[nH]c5ccccc54)CC3)C2=O)c1. The number of piperidine rings is 1. The number of carbonyl (C=O) groups excluding carboxylic acids is 1. The maximum Gasteiger partial charge on any atom is 0.335 e. The van der Waals surface area contributed by atoms with Crippen molar-refractivity contribution in [2.75, 3.05) is 31.2 Å². The van der Waals surface area contributed by atoms with Crippen LogP contribution in [0.4, 0.5) is 5.69 Å². The molecule has 0 bridgehead atoms. The minimum Gasteiger partial charge on any atom is -0.478 e. The van der Waals surface area contributed by atoms with Crippen molar-refractivity contribution in [3.05, 3.63) is 100 Å². The van der Waals surface area contributed by atoms with Crippen LogP contribution in [0, 0.1) is 0 Å². The van der Waals surface area contributed by atoms with Gasteiger partial charge in [0, 0.05) is 31.9 Å². The highest BCUT2D eigenvalue weighted by Gasteiger charge is 2.53. The molecule has 206 valence electrons. The fraction of sp³-hybridized carbons (Fsp3) is 0.323.